The topological polar surface area (TPSA) is 78.4 Å². The van der Waals surface area contributed by atoms with Crippen LogP contribution in [0, 0.1) is 11.3 Å². The minimum atomic E-state index is -0.761. The molecular weight excluding hydrogens is 232 g/mol. The summed E-state index contributed by atoms with van der Waals surface area (Å²) in [5.74, 6) is -0.622. The van der Waals surface area contributed by atoms with Crippen LogP contribution in [0.1, 0.15) is 38.5 Å². The van der Waals surface area contributed by atoms with Gasteiger partial charge in [0, 0.05) is 13.1 Å². The Labute approximate surface area is 107 Å². The Hall–Kier alpha value is -1.10. The van der Waals surface area contributed by atoms with Crippen LogP contribution in [0.4, 0.5) is 0 Å². The van der Waals surface area contributed by atoms with E-state index in [1.165, 1.54) is 0 Å². The molecule has 3 N–H and O–H groups in total. The molecule has 1 saturated carbocycles. The van der Waals surface area contributed by atoms with Gasteiger partial charge in [-0.3, -0.25) is 9.59 Å². The third-order valence-corrected chi connectivity index (χ3v) is 4.25. The van der Waals surface area contributed by atoms with Crippen molar-refractivity contribution in [1.82, 2.24) is 10.6 Å². The first-order valence-corrected chi connectivity index (χ1v) is 6.82. The third-order valence-electron chi connectivity index (χ3n) is 4.25. The van der Waals surface area contributed by atoms with Crippen molar-refractivity contribution in [2.24, 2.45) is 11.3 Å². The van der Waals surface area contributed by atoms with Crippen molar-refractivity contribution in [3.63, 3.8) is 0 Å². The number of carbonyl (C=O) groups excluding carboxylic acids is 1. The van der Waals surface area contributed by atoms with Gasteiger partial charge in [-0.1, -0.05) is 6.42 Å². The fraction of sp³-hybridized carbons (Fsp3) is 0.846. The second kappa shape index (κ2) is 5.69. The molecule has 0 spiro atoms. The van der Waals surface area contributed by atoms with Crippen molar-refractivity contribution in [1.29, 1.82) is 0 Å². The zero-order valence-corrected chi connectivity index (χ0v) is 10.7. The summed E-state index contributed by atoms with van der Waals surface area (Å²) in [6, 6.07) is 0. The molecule has 102 valence electrons. The Balaban J connectivity index is 1.78. The highest BCUT2D eigenvalue weighted by Crippen LogP contribution is 2.43. The Kier molecular flexibility index (Phi) is 4.22. The quantitative estimate of drug-likeness (QED) is 0.676. The number of nitrogens with one attached hydrogen (secondary N) is 2. The van der Waals surface area contributed by atoms with Crippen LogP contribution in [0.3, 0.4) is 0 Å². The highest BCUT2D eigenvalue weighted by molar-refractivity contribution is 5.79. The van der Waals surface area contributed by atoms with Gasteiger partial charge in [0.1, 0.15) is 0 Å². The molecule has 2 fully saturated rings. The van der Waals surface area contributed by atoms with Crippen molar-refractivity contribution in [3.8, 4) is 0 Å². The normalized spacial score (nSPS) is 26.1. The second-order valence-electron chi connectivity index (χ2n) is 5.69. The van der Waals surface area contributed by atoms with E-state index < -0.39 is 5.97 Å². The fourth-order valence-corrected chi connectivity index (χ4v) is 2.91. The van der Waals surface area contributed by atoms with Crippen molar-refractivity contribution in [2.45, 2.75) is 38.5 Å². The van der Waals surface area contributed by atoms with Crippen LogP contribution in [-0.2, 0) is 9.59 Å². The molecule has 0 aromatic carbocycles. The molecule has 0 bridgehead atoms. The van der Waals surface area contributed by atoms with Crippen molar-refractivity contribution in [2.75, 3.05) is 19.6 Å². The predicted molar refractivity (Wildman–Crippen MR) is 67.1 cm³/mol. The number of hydrogen-bond acceptors (Lipinski definition) is 3. The Morgan fingerprint density at radius 3 is 2.61 bits per heavy atom. The van der Waals surface area contributed by atoms with Gasteiger partial charge in [0.2, 0.25) is 5.91 Å². The maximum atomic E-state index is 12.0. The van der Waals surface area contributed by atoms with Gasteiger partial charge < -0.3 is 15.7 Å². The lowest BCUT2D eigenvalue weighted by atomic mass is 9.66. The van der Waals surface area contributed by atoms with Gasteiger partial charge in [-0.05, 0) is 37.6 Å². The molecule has 2 rings (SSSR count). The molecule has 1 amide bonds. The number of carboxylic acid groups (broad SMARTS) is 1. The molecule has 2 aliphatic rings. The molecule has 1 saturated heterocycles. The average molecular weight is 254 g/mol. The van der Waals surface area contributed by atoms with Crippen molar-refractivity contribution < 1.29 is 14.7 Å². The highest BCUT2D eigenvalue weighted by atomic mass is 16.4. The maximum Gasteiger partial charge on any atom is 0.303 e. The van der Waals surface area contributed by atoms with E-state index in [2.05, 4.69) is 10.6 Å². The fourth-order valence-electron chi connectivity index (χ4n) is 2.91. The van der Waals surface area contributed by atoms with Crippen molar-refractivity contribution >= 4 is 11.9 Å². The number of carboxylic acids is 1. The molecule has 0 radical (unpaired) electrons. The van der Waals surface area contributed by atoms with E-state index in [4.69, 9.17) is 5.11 Å². The van der Waals surface area contributed by atoms with Crippen molar-refractivity contribution in [3.05, 3.63) is 0 Å². The van der Waals surface area contributed by atoms with Crippen LogP contribution in [-0.4, -0.2) is 36.6 Å². The Morgan fingerprint density at radius 2 is 2.11 bits per heavy atom. The number of rotatable bonds is 5. The molecule has 5 nitrogen and oxygen atoms in total. The summed E-state index contributed by atoms with van der Waals surface area (Å²) in [4.78, 5) is 22.8. The predicted octanol–water partition coefficient (Wildman–Crippen LogP) is 0.747. The molecule has 1 aliphatic heterocycles. The smallest absolute Gasteiger partial charge is 0.303 e. The van der Waals surface area contributed by atoms with Gasteiger partial charge in [-0.2, -0.15) is 0 Å². The number of carbonyl (C=O) groups is 2. The van der Waals surface area contributed by atoms with Crippen LogP contribution >= 0.6 is 0 Å². The van der Waals surface area contributed by atoms with Crippen LogP contribution in [0.2, 0.25) is 0 Å². The standard InChI is InChI=1S/C13H22N2O3/c16-11(17)7-13(4-2-5-13)9-15-12(18)10-3-1-6-14-8-10/h10,14H,1-9H2,(H,15,18)(H,16,17)/t10-/m0/s1. The summed E-state index contributed by atoms with van der Waals surface area (Å²) in [7, 11) is 0. The second-order valence-corrected chi connectivity index (χ2v) is 5.69. The zero-order valence-electron chi connectivity index (χ0n) is 10.7. The van der Waals surface area contributed by atoms with E-state index in [9.17, 15) is 9.59 Å². The van der Waals surface area contributed by atoms with Crippen LogP contribution in [0.15, 0.2) is 0 Å². The molecule has 5 heteroatoms. The first kappa shape index (κ1) is 13.3. The molecule has 1 aliphatic carbocycles. The van der Waals surface area contributed by atoms with E-state index in [0.29, 0.717) is 6.54 Å². The van der Waals surface area contributed by atoms with Gasteiger partial charge in [-0.15, -0.1) is 0 Å². The van der Waals surface area contributed by atoms with Crippen LogP contribution in [0.5, 0.6) is 0 Å². The SMILES string of the molecule is O=C(O)CC1(CNC(=O)[C@H]2CCCNC2)CCC1. The first-order valence-electron chi connectivity index (χ1n) is 6.82. The monoisotopic (exact) mass is 254 g/mol. The Morgan fingerprint density at radius 1 is 1.33 bits per heavy atom. The zero-order chi connectivity index (χ0) is 13.0. The van der Waals surface area contributed by atoms with E-state index in [-0.39, 0.29) is 23.7 Å². The van der Waals surface area contributed by atoms with Gasteiger partial charge in [0.05, 0.1) is 12.3 Å². The molecule has 1 heterocycles. The lowest BCUT2D eigenvalue weighted by Gasteiger charge is -2.41. The first-order chi connectivity index (χ1) is 8.61. The molecule has 18 heavy (non-hydrogen) atoms. The molecular formula is C13H22N2O3. The number of amides is 1. The third kappa shape index (κ3) is 3.22. The minimum Gasteiger partial charge on any atom is -0.481 e. The van der Waals surface area contributed by atoms with E-state index in [1.807, 2.05) is 0 Å². The molecule has 1 atom stereocenters. The van der Waals surface area contributed by atoms with E-state index in [1.54, 1.807) is 0 Å². The molecule has 0 aromatic heterocycles. The average Bonchev–Trinajstić information content (AvgIpc) is 2.32. The van der Waals surface area contributed by atoms with E-state index in [0.717, 1.165) is 45.2 Å². The summed E-state index contributed by atoms with van der Waals surface area (Å²) < 4.78 is 0. The van der Waals surface area contributed by atoms with Gasteiger partial charge in [-0.25, -0.2) is 0 Å². The van der Waals surface area contributed by atoms with Crippen LogP contribution < -0.4 is 10.6 Å². The highest BCUT2D eigenvalue weighted by Gasteiger charge is 2.39. The largest absolute Gasteiger partial charge is 0.481 e. The summed E-state index contributed by atoms with van der Waals surface area (Å²) in [5, 5.41) is 15.1. The molecule has 0 aromatic rings. The summed E-state index contributed by atoms with van der Waals surface area (Å²) >= 11 is 0. The molecule has 0 unspecified atom stereocenters. The Bertz CT molecular complexity index is 320. The lowest BCUT2D eigenvalue weighted by Crippen LogP contribution is -2.47. The lowest BCUT2D eigenvalue weighted by molar-refractivity contribution is -0.142. The number of hydrogen-bond donors (Lipinski definition) is 3. The van der Waals surface area contributed by atoms with E-state index >= 15 is 0 Å². The summed E-state index contributed by atoms with van der Waals surface area (Å²) in [6.45, 7) is 2.26. The maximum absolute atomic E-state index is 12.0. The van der Waals surface area contributed by atoms with Gasteiger partial charge in [0.25, 0.3) is 0 Å². The van der Waals surface area contributed by atoms with Gasteiger partial charge >= 0.3 is 5.97 Å². The number of aliphatic carboxylic acids is 1. The minimum absolute atomic E-state index is 0.0562. The number of piperidine rings is 1. The van der Waals surface area contributed by atoms with Crippen LogP contribution in [0.25, 0.3) is 0 Å². The summed E-state index contributed by atoms with van der Waals surface area (Å²) in [6.07, 6.45) is 5.07. The summed E-state index contributed by atoms with van der Waals surface area (Å²) in [5.41, 5.74) is -0.177. The van der Waals surface area contributed by atoms with Gasteiger partial charge in [0.15, 0.2) is 0 Å².